The van der Waals surface area contributed by atoms with E-state index in [-0.39, 0.29) is 55.1 Å². The van der Waals surface area contributed by atoms with Gasteiger partial charge in [0.25, 0.3) is 5.91 Å². The minimum Gasteiger partial charge on any atom is -0.372 e. The third-order valence-electron chi connectivity index (χ3n) is 15.0. The third kappa shape index (κ3) is 8.30. The molecule has 1 unspecified atom stereocenters. The van der Waals surface area contributed by atoms with Gasteiger partial charge in [0.15, 0.2) is 5.82 Å². The molecule has 6 aliphatic rings. The summed E-state index contributed by atoms with van der Waals surface area (Å²) in [6.45, 7) is 7.29. The Hall–Kier alpha value is -5.98. The lowest BCUT2D eigenvalue weighted by atomic mass is 9.78. The van der Waals surface area contributed by atoms with E-state index in [1.54, 1.807) is 17.3 Å². The summed E-state index contributed by atoms with van der Waals surface area (Å²) in [5.74, 6) is -2.04. The Morgan fingerprint density at radius 1 is 0.851 bits per heavy atom. The SMILES string of the molecule is O=C1CCC(N2Cc3cc(N4CCC(CN5CCC6(C5)CN(c5ccc(-c7cnc8[nH]cc(Cc9c(F)ccc(NS(=O)(=O)N%10CC[C@@H](F)C%10)c9F)c8c7)cc5)C6)CC4)ccc3C2=O)C(=O)N1. The molecule has 6 aliphatic heterocycles. The van der Waals surface area contributed by atoms with Crippen molar-refractivity contribution < 1.29 is 36.0 Å². The third-order valence-corrected chi connectivity index (χ3v) is 16.5. The molecule has 2 aromatic heterocycles. The molecule has 1 spiro atoms. The van der Waals surface area contributed by atoms with Crippen LogP contribution in [0.2, 0.25) is 0 Å². The highest BCUT2D eigenvalue weighted by Gasteiger charge is 2.48. The van der Waals surface area contributed by atoms with Crippen LogP contribution in [0.3, 0.4) is 0 Å². The lowest BCUT2D eigenvalue weighted by molar-refractivity contribution is -0.136. The van der Waals surface area contributed by atoms with Crippen LogP contribution in [0.4, 0.5) is 30.2 Å². The number of fused-ring (bicyclic) bond motifs is 2. The van der Waals surface area contributed by atoms with E-state index in [0.717, 1.165) is 103 Å². The summed E-state index contributed by atoms with van der Waals surface area (Å²) in [5, 5.41) is 3.07. The predicted molar refractivity (Wildman–Crippen MR) is 247 cm³/mol. The number of rotatable bonds is 11. The molecule has 14 nitrogen and oxygen atoms in total. The summed E-state index contributed by atoms with van der Waals surface area (Å²) in [6, 6.07) is 17.8. The van der Waals surface area contributed by atoms with Crippen LogP contribution in [0.5, 0.6) is 0 Å². The Morgan fingerprint density at radius 3 is 2.40 bits per heavy atom. The fourth-order valence-electron chi connectivity index (χ4n) is 11.2. The Labute approximate surface area is 386 Å². The number of imide groups is 1. The largest absolute Gasteiger partial charge is 0.372 e. The zero-order chi connectivity index (χ0) is 46.2. The second kappa shape index (κ2) is 17.0. The van der Waals surface area contributed by atoms with E-state index in [9.17, 15) is 27.2 Å². The van der Waals surface area contributed by atoms with Gasteiger partial charge in [-0.1, -0.05) is 12.1 Å². The molecule has 2 atom stereocenters. The summed E-state index contributed by atoms with van der Waals surface area (Å²) in [5.41, 5.74) is 6.39. The Balaban J connectivity index is 0.671. The molecule has 3 aromatic carbocycles. The van der Waals surface area contributed by atoms with Crippen molar-refractivity contribution in [2.24, 2.45) is 11.3 Å². The maximum absolute atomic E-state index is 15.8. The van der Waals surface area contributed by atoms with Crippen LogP contribution in [0.1, 0.15) is 65.6 Å². The van der Waals surface area contributed by atoms with Crippen molar-refractivity contribution >= 4 is 56.0 Å². The average molecular weight is 936 g/mol. The summed E-state index contributed by atoms with van der Waals surface area (Å²) < 4.78 is 73.4. The number of pyridine rings is 1. The van der Waals surface area contributed by atoms with Gasteiger partial charge in [-0.3, -0.25) is 24.4 Å². The van der Waals surface area contributed by atoms with Crippen molar-refractivity contribution in [3.8, 4) is 11.1 Å². The molecule has 5 aromatic rings. The smallest absolute Gasteiger partial charge is 0.301 e. The summed E-state index contributed by atoms with van der Waals surface area (Å²) in [7, 11) is -4.23. The van der Waals surface area contributed by atoms with Gasteiger partial charge in [-0.05, 0) is 110 Å². The molecule has 0 bridgehead atoms. The molecule has 0 saturated carbocycles. The van der Waals surface area contributed by atoms with Crippen LogP contribution >= 0.6 is 0 Å². The molecule has 11 rings (SSSR count). The maximum Gasteiger partial charge on any atom is 0.301 e. The molecule has 350 valence electrons. The number of nitrogens with zero attached hydrogens (tertiary/aromatic N) is 6. The number of amides is 3. The summed E-state index contributed by atoms with van der Waals surface area (Å²) in [4.78, 5) is 54.1. The molecular weight excluding hydrogens is 884 g/mol. The number of likely N-dealkylation sites (tertiary alicyclic amines) is 1. The van der Waals surface area contributed by atoms with Crippen molar-refractivity contribution in [3.05, 3.63) is 107 Å². The topological polar surface area (TPSA) is 154 Å². The first kappa shape index (κ1) is 43.6. The van der Waals surface area contributed by atoms with E-state index >= 15 is 8.78 Å². The van der Waals surface area contributed by atoms with Crippen LogP contribution in [0.25, 0.3) is 22.2 Å². The van der Waals surface area contributed by atoms with Crippen molar-refractivity contribution in [1.82, 2.24) is 29.4 Å². The minimum atomic E-state index is -4.23. The van der Waals surface area contributed by atoms with Crippen molar-refractivity contribution in [2.75, 3.05) is 73.4 Å². The fourth-order valence-corrected chi connectivity index (χ4v) is 12.5. The van der Waals surface area contributed by atoms with E-state index in [1.807, 2.05) is 18.2 Å². The second-order valence-electron chi connectivity index (χ2n) is 19.4. The number of benzene rings is 3. The molecule has 8 heterocycles. The molecule has 67 heavy (non-hydrogen) atoms. The molecule has 18 heteroatoms. The molecule has 5 saturated heterocycles. The van der Waals surface area contributed by atoms with Crippen molar-refractivity contribution in [1.29, 1.82) is 0 Å². The van der Waals surface area contributed by atoms with Gasteiger partial charge in [0.05, 0.1) is 5.69 Å². The number of hydrogen-bond acceptors (Lipinski definition) is 9. The molecule has 0 radical (unpaired) electrons. The van der Waals surface area contributed by atoms with Crippen LogP contribution in [-0.2, 0) is 32.8 Å². The number of anilines is 3. The van der Waals surface area contributed by atoms with Gasteiger partial charge in [0.2, 0.25) is 11.8 Å². The van der Waals surface area contributed by atoms with E-state index < -0.39 is 45.7 Å². The normalized spacial score (nSPS) is 22.6. The number of hydrogen-bond donors (Lipinski definition) is 3. The van der Waals surface area contributed by atoms with E-state index in [4.69, 9.17) is 0 Å². The van der Waals surface area contributed by atoms with Gasteiger partial charge in [-0.15, -0.1) is 0 Å². The number of aromatic nitrogens is 2. The van der Waals surface area contributed by atoms with Gasteiger partial charge < -0.3 is 24.6 Å². The molecular formula is C49H52F3N9O5S. The number of H-pyrrole nitrogens is 1. The molecule has 3 N–H and O–H groups in total. The number of carbonyl (C=O) groups is 3. The molecule has 0 aliphatic carbocycles. The van der Waals surface area contributed by atoms with E-state index in [2.05, 4.69) is 65.0 Å². The number of halogens is 3. The van der Waals surface area contributed by atoms with Crippen molar-refractivity contribution in [2.45, 2.75) is 63.7 Å². The summed E-state index contributed by atoms with van der Waals surface area (Å²) in [6.07, 6.45) is 6.03. The van der Waals surface area contributed by atoms with Gasteiger partial charge in [0, 0.05) is 123 Å². The first-order chi connectivity index (χ1) is 32.3. The van der Waals surface area contributed by atoms with Gasteiger partial charge in [-0.2, -0.15) is 12.7 Å². The number of nitrogens with one attached hydrogen (secondary N) is 3. The highest BCUT2D eigenvalue weighted by Crippen LogP contribution is 2.43. The minimum absolute atomic E-state index is 0.0216. The Morgan fingerprint density at radius 2 is 1.64 bits per heavy atom. The van der Waals surface area contributed by atoms with Gasteiger partial charge >= 0.3 is 10.2 Å². The number of piperidine rings is 2. The molecule has 5 fully saturated rings. The first-order valence-electron chi connectivity index (χ1n) is 23.2. The van der Waals surface area contributed by atoms with Crippen LogP contribution in [0.15, 0.2) is 73.1 Å². The van der Waals surface area contributed by atoms with Gasteiger partial charge in [-0.25, -0.2) is 18.2 Å². The zero-order valence-electron chi connectivity index (χ0n) is 36.9. The van der Waals surface area contributed by atoms with Crippen LogP contribution < -0.4 is 19.8 Å². The lowest BCUT2D eigenvalue weighted by Crippen LogP contribution is -2.57. The number of alkyl halides is 1. The Kier molecular flexibility index (Phi) is 11.0. The number of carbonyl (C=O) groups excluding carboxylic acids is 3. The quantitative estimate of drug-likeness (QED) is 0.136. The first-order valence-corrected chi connectivity index (χ1v) is 24.7. The fraction of sp³-hybridized carbons (Fsp3) is 0.429. The van der Waals surface area contributed by atoms with E-state index in [0.29, 0.717) is 41.0 Å². The zero-order valence-corrected chi connectivity index (χ0v) is 37.8. The second-order valence-corrected chi connectivity index (χ2v) is 21.1. The average Bonchev–Trinajstić information content (AvgIpc) is 4.12. The van der Waals surface area contributed by atoms with E-state index in [1.165, 1.54) is 6.42 Å². The highest BCUT2D eigenvalue weighted by molar-refractivity contribution is 7.90. The predicted octanol–water partition coefficient (Wildman–Crippen LogP) is 5.99. The van der Waals surface area contributed by atoms with Crippen molar-refractivity contribution in [3.63, 3.8) is 0 Å². The summed E-state index contributed by atoms with van der Waals surface area (Å²) >= 11 is 0. The molecule has 3 amide bonds. The standard InChI is InChI=1S/C49H52F3N9O5S/c50-35-13-17-60(26-35)67(65,66)56-42-8-7-41(51)40(45(42)52)21-33-23-54-46-39(33)20-32(22-53-46)31-1-3-36(4-2-31)59-28-49(29-59)14-18-57(27-49)24-30-11-15-58(16-12-30)37-5-6-38-34(19-37)25-61(48(38)64)43-9-10-44(62)55-47(43)63/h1-8,19-20,22-23,30,35,43,56H,9-18,21,24-29H2,(H,53,54)(H,55,62,63)/t35-,43?/m1/s1. The lowest BCUT2D eigenvalue weighted by Gasteiger charge is -2.49. The van der Waals surface area contributed by atoms with Crippen LogP contribution in [0, 0.1) is 23.0 Å². The van der Waals surface area contributed by atoms with Gasteiger partial charge in [0.1, 0.15) is 23.7 Å². The monoisotopic (exact) mass is 935 g/mol. The maximum atomic E-state index is 15.8. The van der Waals surface area contributed by atoms with Crippen LogP contribution in [-0.4, -0.2) is 121 Å². The number of aromatic amines is 1. The highest BCUT2D eigenvalue weighted by atomic mass is 32.2. The Bertz CT molecular complexity index is 2900.